The summed E-state index contributed by atoms with van der Waals surface area (Å²) in [5.74, 6) is 3.05. The molecule has 0 saturated heterocycles. The molecule has 212 valence electrons. The molecule has 0 aromatic heterocycles. The fourth-order valence-electron chi connectivity index (χ4n) is 5.66. The van der Waals surface area contributed by atoms with Crippen LogP contribution in [0, 0.1) is 17.3 Å². The third-order valence-corrected chi connectivity index (χ3v) is 8.14. The number of rotatable bonds is 16. The van der Waals surface area contributed by atoms with Gasteiger partial charge >= 0.3 is 0 Å². The Hall–Kier alpha value is -2.03. The topological polar surface area (TPSA) is 21.3 Å². The first-order valence-electron chi connectivity index (χ1n) is 15.3. The van der Waals surface area contributed by atoms with Gasteiger partial charge in [0, 0.05) is 12.2 Å². The molecule has 3 heteroatoms. The second kappa shape index (κ2) is 13.9. The van der Waals surface area contributed by atoms with Crippen molar-refractivity contribution >= 4 is 5.69 Å². The monoisotopic (exact) mass is 523 g/mol. The van der Waals surface area contributed by atoms with Gasteiger partial charge in [-0.3, -0.25) is 0 Å². The average Bonchev–Trinajstić information content (AvgIpc) is 3.68. The number of anilines is 1. The lowest BCUT2D eigenvalue weighted by Crippen LogP contribution is -2.17. The van der Waals surface area contributed by atoms with Crippen LogP contribution in [0.4, 0.5) is 10.1 Å². The summed E-state index contributed by atoms with van der Waals surface area (Å²) in [5, 5.41) is 3.69. The molecule has 0 heterocycles. The second-order valence-electron chi connectivity index (χ2n) is 13.4. The number of halogens is 1. The second-order valence-corrected chi connectivity index (χ2v) is 13.4. The summed E-state index contributed by atoms with van der Waals surface area (Å²) in [6, 6.07) is 15.0. The standard InChI is InChI=1S/C35H54FNO/c1-8-12-26(25-38-31-15-10-13-29(23-31)32(9-2)27-16-17-27)20-22-37-33-24-30(35(6,7)36)19-18-28(33)14-11-21-34(3,4)5/h10,13,15,18-19,23-24,26-27,32,37H,8-9,11-12,14,16-17,20-22,25H2,1-7H3. The van der Waals surface area contributed by atoms with Crippen molar-refractivity contribution in [2.45, 2.75) is 118 Å². The van der Waals surface area contributed by atoms with Crippen LogP contribution < -0.4 is 10.1 Å². The largest absolute Gasteiger partial charge is 0.493 e. The first-order chi connectivity index (χ1) is 18.0. The van der Waals surface area contributed by atoms with E-state index in [1.165, 1.54) is 36.8 Å². The van der Waals surface area contributed by atoms with Gasteiger partial charge in [0.15, 0.2) is 0 Å². The van der Waals surface area contributed by atoms with Gasteiger partial charge in [-0.05, 0) is 123 Å². The normalized spacial score (nSPS) is 15.8. The van der Waals surface area contributed by atoms with Crippen LogP contribution in [0.3, 0.4) is 0 Å². The molecule has 2 aromatic rings. The predicted octanol–water partition coefficient (Wildman–Crippen LogP) is 10.5. The van der Waals surface area contributed by atoms with Gasteiger partial charge in [0.1, 0.15) is 11.4 Å². The molecule has 1 aliphatic rings. The van der Waals surface area contributed by atoms with Crippen LogP contribution in [-0.2, 0) is 12.1 Å². The van der Waals surface area contributed by atoms with E-state index in [-0.39, 0.29) is 0 Å². The molecule has 0 aliphatic heterocycles. The van der Waals surface area contributed by atoms with E-state index >= 15 is 0 Å². The molecule has 2 aromatic carbocycles. The van der Waals surface area contributed by atoms with Crippen molar-refractivity contribution in [1.29, 1.82) is 0 Å². The van der Waals surface area contributed by atoms with Gasteiger partial charge in [0.25, 0.3) is 0 Å². The van der Waals surface area contributed by atoms with E-state index in [1.807, 2.05) is 12.1 Å². The zero-order valence-electron chi connectivity index (χ0n) is 25.3. The van der Waals surface area contributed by atoms with E-state index in [2.05, 4.69) is 70.3 Å². The maximum Gasteiger partial charge on any atom is 0.130 e. The van der Waals surface area contributed by atoms with Crippen LogP contribution in [0.25, 0.3) is 0 Å². The van der Waals surface area contributed by atoms with Gasteiger partial charge < -0.3 is 10.1 Å². The van der Waals surface area contributed by atoms with Crippen molar-refractivity contribution in [2.24, 2.45) is 17.3 Å². The minimum Gasteiger partial charge on any atom is -0.493 e. The fourth-order valence-corrected chi connectivity index (χ4v) is 5.66. The molecule has 2 nitrogen and oxygen atoms in total. The predicted molar refractivity (Wildman–Crippen MR) is 162 cm³/mol. The summed E-state index contributed by atoms with van der Waals surface area (Å²) < 4.78 is 21.1. The van der Waals surface area contributed by atoms with Crippen molar-refractivity contribution in [2.75, 3.05) is 18.5 Å². The molecular formula is C35H54FNO. The van der Waals surface area contributed by atoms with Gasteiger partial charge in [-0.15, -0.1) is 0 Å². The number of hydrogen-bond donors (Lipinski definition) is 1. The van der Waals surface area contributed by atoms with Crippen LogP contribution in [0.1, 0.15) is 122 Å². The number of benzene rings is 2. The van der Waals surface area contributed by atoms with Crippen LogP contribution in [0.5, 0.6) is 5.75 Å². The lowest BCUT2D eigenvalue weighted by molar-refractivity contribution is 0.221. The SMILES string of the molecule is CCCC(CCNc1cc(C(C)(C)F)ccc1CCCC(C)(C)C)COc1cccc(C(CC)C2CC2)c1. The molecule has 0 bridgehead atoms. The Kier molecular flexibility index (Phi) is 11.1. The molecule has 38 heavy (non-hydrogen) atoms. The van der Waals surface area contributed by atoms with Gasteiger partial charge in [0.05, 0.1) is 6.61 Å². The molecular weight excluding hydrogens is 469 g/mol. The fraction of sp³-hybridized carbons (Fsp3) is 0.657. The molecule has 3 rings (SSSR count). The van der Waals surface area contributed by atoms with Gasteiger partial charge in [-0.2, -0.15) is 0 Å². The average molecular weight is 524 g/mol. The number of aryl methyl sites for hydroxylation is 1. The Morgan fingerprint density at radius 1 is 1.00 bits per heavy atom. The van der Waals surface area contributed by atoms with Crippen molar-refractivity contribution < 1.29 is 9.13 Å². The number of nitrogens with one attached hydrogen (secondary N) is 1. The molecule has 1 fully saturated rings. The van der Waals surface area contributed by atoms with E-state index in [0.29, 0.717) is 17.3 Å². The zero-order chi connectivity index (χ0) is 27.8. The molecule has 2 unspecified atom stereocenters. The van der Waals surface area contributed by atoms with Crippen molar-refractivity contribution in [3.63, 3.8) is 0 Å². The van der Waals surface area contributed by atoms with Crippen LogP contribution in [0.2, 0.25) is 0 Å². The summed E-state index contributed by atoms with van der Waals surface area (Å²) in [7, 11) is 0. The van der Waals surface area contributed by atoms with E-state index in [4.69, 9.17) is 4.74 Å². The minimum atomic E-state index is -1.34. The summed E-state index contributed by atoms with van der Waals surface area (Å²) in [4.78, 5) is 0. The lowest BCUT2D eigenvalue weighted by Gasteiger charge is -2.22. The van der Waals surface area contributed by atoms with Crippen molar-refractivity contribution in [1.82, 2.24) is 0 Å². The highest BCUT2D eigenvalue weighted by Crippen LogP contribution is 2.44. The quantitative estimate of drug-likeness (QED) is 0.236. The summed E-state index contributed by atoms with van der Waals surface area (Å²) in [5.41, 5.74) is 3.56. The van der Waals surface area contributed by atoms with Crippen LogP contribution in [0.15, 0.2) is 42.5 Å². The molecule has 1 aliphatic carbocycles. The Bertz CT molecular complexity index is 982. The van der Waals surface area contributed by atoms with Gasteiger partial charge in [0.2, 0.25) is 0 Å². The molecule has 0 spiro atoms. The Morgan fingerprint density at radius 2 is 1.76 bits per heavy atom. The highest BCUT2D eigenvalue weighted by Gasteiger charge is 2.31. The zero-order valence-corrected chi connectivity index (χ0v) is 25.3. The maximum absolute atomic E-state index is 14.8. The van der Waals surface area contributed by atoms with E-state index in [0.717, 1.165) is 68.2 Å². The summed E-state index contributed by atoms with van der Waals surface area (Å²) >= 11 is 0. The van der Waals surface area contributed by atoms with Crippen molar-refractivity contribution in [3.8, 4) is 5.75 Å². The third kappa shape index (κ3) is 9.93. The highest BCUT2D eigenvalue weighted by molar-refractivity contribution is 5.54. The first-order valence-corrected chi connectivity index (χ1v) is 15.3. The Labute approximate surface area is 233 Å². The molecule has 2 atom stereocenters. The number of ether oxygens (including phenoxy) is 1. The van der Waals surface area contributed by atoms with Crippen molar-refractivity contribution in [3.05, 3.63) is 59.2 Å². The molecule has 0 amide bonds. The van der Waals surface area contributed by atoms with Gasteiger partial charge in [-0.25, -0.2) is 4.39 Å². The molecule has 0 radical (unpaired) electrons. The number of hydrogen-bond acceptors (Lipinski definition) is 2. The Balaban J connectivity index is 1.60. The van der Waals surface area contributed by atoms with Crippen LogP contribution in [-0.4, -0.2) is 13.2 Å². The Morgan fingerprint density at radius 3 is 2.39 bits per heavy atom. The highest BCUT2D eigenvalue weighted by atomic mass is 19.1. The lowest BCUT2D eigenvalue weighted by atomic mass is 9.88. The van der Waals surface area contributed by atoms with E-state index in [1.54, 1.807) is 13.8 Å². The molecule has 1 N–H and O–H groups in total. The first kappa shape index (κ1) is 30.5. The van der Waals surface area contributed by atoms with E-state index in [9.17, 15) is 4.39 Å². The smallest absolute Gasteiger partial charge is 0.130 e. The molecule has 1 saturated carbocycles. The maximum atomic E-state index is 14.8. The van der Waals surface area contributed by atoms with E-state index < -0.39 is 5.67 Å². The minimum absolute atomic E-state index is 0.330. The van der Waals surface area contributed by atoms with Gasteiger partial charge in [-0.1, -0.05) is 65.3 Å². The van der Waals surface area contributed by atoms with Crippen LogP contribution >= 0.6 is 0 Å². The summed E-state index contributed by atoms with van der Waals surface area (Å²) in [6.45, 7) is 16.3. The summed E-state index contributed by atoms with van der Waals surface area (Å²) in [6.07, 6.45) is 10.6. The third-order valence-electron chi connectivity index (χ3n) is 8.14. The number of alkyl halides is 1.